The maximum Gasteiger partial charge on any atom is 0.309 e. The van der Waals surface area contributed by atoms with Gasteiger partial charge in [0, 0.05) is 33.1 Å². The molecule has 2 fully saturated rings. The summed E-state index contributed by atoms with van der Waals surface area (Å²) in [6, 6.07) is 14.5. The van der Waals surface area contributed by atoms with Crippen LogP contribution < -0.4 is 0 Å². The van der Waals surface area contributed by atoms with Gasteiger partial charge >= 0.3 is 5.97 Å². The molecule has 1 N–H and O–H groups in total. The Bertz CT molecular complexity index is 1160. The third-order valence-corrected chi connectivity index (χ3v) is 6.73. The maximum absolute atomic E-state index is 13.4. The number of hydrogen-bond donors (Lipinski definition) is 1. The van der Waals surface area contributed by atoms with Crippen molar-refractivity contribution in [2.45, 2.75) is 53.6 Å². The zero-order chi connectivity index (χ0) is 21.4. The molecule has 1 aliphatic carbocycles. The van der Waals surface area contributed by atoms with Crippen molar-refractivity contribution in [1.29, 1.82) is 0 Å². The summed E-state index contributed by atoms with van der Waals surface area (Å²) in [7, 11) is 0. The van der Waals surface area contributed by atoms with Crippen LogP contribution in [-0.4, -0.2) is 28.3 Å². The first-order valence-electron chi connectivity index (χ1n) is 10.5. The lowest BCUT2D eigenvalue weighted by atomic mass is 10.0. The molecule has 0 spiro atoms. The number of pyridine rings is 1. The molecule has 1 saturated heterocycles. The number of carbonyl (C=O) groups excluding carboxylic acids is 1. The number of aliphatic hydroxyl groups excluding tert-OH is 1. The average molecular weight is 436 g/mol. The Balaban J connectivity index is 1.60. The summed E-state index contributed by atoms with van der Waals surface area (Å²) < 4.78 is 18.8. The Morgan fingerprint density at radius 1 is 1.13 bits per heavy atom. The summed E-state index contributed by atoms with van der Waals surface area (Å²) in [5.41, 5.74) is 2.99. The lowest BCUT2D eigenvalue weighted by molar-refractivity contribution is -0.156. The number of benzene rings is 2. The highest BCUT2D eigenvalue weighted by atomic mass is 32.2. The number of nitrogens with zero attached hydrogens (tertiary/aromatic N) is 1. The molecule has 2 atom stereocenters. The van der Waals surface area contributed by atoms with Crippen molar-refractivity contribution in [3.8, 4) is 0 Å². The molecule has 31 heavy (non-hydrogen) atoms. The van der Waals surface area contributed by atoms with E-state index in [-0.39, 0.29) is 18.2 Å². The van der Waals surface area contributed by atoms with E-state index in [0.29, 0.717) is 12.3 Å². The molecule has 2 aromatic carbocycles. The van der Waals surface area contributed by atoms with Gasteiger partial charge in [0.15, 0.2) is 0 Å². The number of aliphatic hydroxyl groups is 1. The number of fused-ring (bicyclic) bond motifs is 1. The fourth-order valence-electron chi connectivity index (χ4n) is 3.90. The van der Waals surface area contributed by atoms with Crippen LogP contribution in [-0.2, 0) is 9.53 Å². The van der Waals surface area contributed by atoms with E-state index in [9.17, 15) is 14.3 Å². The lowest BCUT2D eigenvalue weighted by Crippen LogP contribution is -2.31. The summed E-state index contributed by atoms with van der Waals surface area (Å²) in [5, 5.41) is 11.0. The Kier molecular flexibility index (Phi) is 5.50. The number of hydrogen-bond acceptors (Lipinski definition) is 5. The molecule has 2 aliphatic rings. The molecule has 158 valence electrons. The topological polar surface area (TPSA) is 59.4 Å². The Morgan fingerprint density at radius 3 is 2.65 bits per heavy atom. The molecule has 0 amide bonds. The number of ether oxygens (including phenoxy) is 1. The predicted octanol–water partition coefficient (Wildman–Crippen LogP) is 5.48. The quantitative estimate of drug-likeness (QED) is 0.538. The zero-order valence-corrected chi connectivity index (χ0v) is 17.6. The van der Waals surface area contributed by atoms with Crippen LogP contribution in [0.1, 0.15) is 42.9 Å². The van der Waals surface area contributed by atoms with Crippen molar-refractivity contribution in [3.63, 3.8) is 0 Å². The highest BCUT2D eigenvalue weighted by molar-refractivity contribution is 7.99. The lowest BCUT2D eigenvalue weighted by Gasteiger charge is -2.23. The van der Waals surface area contributed by atoms with Crippen LogP contribution in [0.4, 0.5) is 4.39 Å². The van der Waals surface area contributed by atoms with Crippen LogP contribution in [0, 0.1) is 5.82 Å². The molecule has 3 aromatic rings. The first-order chi connectivity index (χ1) is 15.1. The molecule has 6 heteroatoms. The maximum atomic E-state index is 13.4. The molecule has 0 bridgehead atoms. The molecule has 2 heterocycles. The Morgan fingerprint density at radius 2 is 1.90 bits per heavy atom. The van der Waals surface area contributed by atoms with Gasteiger partial charge in [0.05, 0.1) is 23.7 Å². The molecule has 1 aliphatic heterocycles. The number of carbonyl (C=O) groups is 1. The summed E-state index contributed by atoms with van der Waals surface area (Å²) in [6.07, 6.45) is 5.33. The summed E-state index contributed by atoms with van der Waals surface area (Å²) in [5.74, 6) is -0.231. The van der Waals surface area contributed by atoms with Gasteiger partial charge in [0.2, 0.25) is 0 Å². The largest absolute Gasteiger partial charge is 0.458 e. The monoisotopic (exact) mass is 435 g/mol. The van der Waals surface area contributed by atoms with E-state index in [1.165, 1.54) is 12.1 Å². The number of halogens is 1. The molecule has 0 unspecified atom stereocenters. The molecule has 1 aromatic heterocycles. The first-order valence-corrected chi connectivity index (χ1v) is 11.3. The third-order valence-electron chi connectivity index (χ3n) is 5.57. The van der Waals surface area contributed by atoms with E-state index in [1.54, 1.807) is 23.9 Å². The molecular weight excluding hydrogens is 413 g/mol. The molecule has 1 saturated carbocycles. The van der Waals surface area contributed by atoms with Gasteiger partial charge in [0.25, 0.3) is 0 Å². The predicted molar refractivity (Wildman–Crippen MR) is 118 cm³/mol. The minimum absolute atomic E-state index is 0.0425. The van der Waals surface area contributed by atoms with Crippen molar-refractivity contribution in [3.05, 3.63) is 71.7 Å². The van der Waals surface area contributed by atoms with Gasteiger partial charge in [0.1, 0.15) is 11.9 Å². The van der Waals surface area contributed by atoms with Crippen molar-refractivity contribution in [1.82, 2.24) is 4.98 Å². The van der Waals surface area contributed by atoms with Crippen molar-refractivity contribution >= 4 is 34.7 Å². The van der Waals surface area contributed by atoms with Crippen LogP contribution in [0.3, 0.4) is 0 Å². The second-order valence-electron chi connectivity index (χ2n) is 8.07. The van der Waals surface area contributed by atoms with Crippen molar-refractivity contribution in [2.24, 2.45) is 0 Å². The minimum Gasteiger partial charge on any atom is -0.458 e. The number of para-hydroxylation sites is 1. The summed E-state index contributed by atoms with van der Waals surface area (Å²) >= 11 is 1.58. The fourth-order valence-corrected chi connectivity index (χ4v) is 4.98. The van der Waals surface area contributed by atoms with E-state index in [1.807, 2.05) is 36.4 Å². The minimum atomic E-state index is -0.679. The third kappa shape index (κ3) is 4.50. The highest BCUT2D eigenvalue weighted by Crippen LogP contribution is 2.46. The van der Waals surface area contributed by atoms with Gasteiger partial charge in [-0.2, -0.15) is 0 Å². The molecule has 5 rings (SSSR count). The van der Waals surface area contributed by atoms with Crippen molar-refractivity contribution in [2.75, 3.05) is 0 Å². The fraction of sp³-hybridized carbons (Fsp3) is 0.280. The van der Waals surface area contributed by atoms with E-state index in [0.717, 1.165) is 44.8 Å². The molecular formula is C25H22FNO3S. The van der Waals surface area contributed by atoms with Crippen LogP contribution in [0.25, 0.3) is 17.0 Å². The van der Waals surface area contributed by atoms with Crippen molar-refractivity contribution < 1.29 is 19.0 Å². The van der Waals surface area contributed by atoms with E-state index in [2.05, 4.69) is 0 Å². The number of rotatable bonds is 5. The van der Waals surface area contributed by atoms with Crippen LogP contribution in [0.2, 0.25) is 0 Å². The van der Waals surface area contributed by atoms with Gasteiger partial charge in [-0.05, 0) is 49.2 Å². The Hall–Kier alpha value is -2.70. The van der Waals surface area contributed by atoms with E-state index >= 15 is 0 Å². The van der Waals surface area contributed by atoms with E-state index in [4.69, 9.17) is 9.72 Å². The van der Waals surface area contributed by atoms with Gasteiger partial charge in [-0.3, -0.25) is 9.78 Å². The second-order valence-corrected chi connectivity index (χ2v) is 9.15. The van der Waals surface area contributed by atoms with E-state index < -0.39 is 12.2 Å². The summed E-state index contributed by atoms with van der Waals surface area (Å²) in [4.78, 5) is 18.7. The number of cyclic esters (lactones) is 1. The van der Waals surface area contributed by atoms with Gasteiger partial charge in [-0.25, -0.2) is 4.39 Å². The van der Waals surface area contributed by atoms with Crippen LogP contribution >= 0.6 is 11.8 Å². The SMILES string of the molecule is O=C1C[C@H](O)C[C@@H](/C=C/c2c(C3CC3)nc3ccccc3c2Sc2ccc(F)cc2)O1. The normalized spacial score (nSPS) is 21.5. The van der Waals surface area contributed by atoms with Crippen LogP contribution in [0.15, 0.2) is 64.4 Å². The van der Waals surface area contributed by atoms with Gasteiger partial charge in [-0.1, -0.05) is 36.0 Å². The number of esters is 1. The number of aromatic nitrogens is 1. The van der Waals surface area contributed by atoms with Gasteiger partial charge < -0.3 is 9.84 Å². The Labute approximate surface area is 184 Å². The zero-order valence-electron chi connectivity index (χ0n) is 16.8. The smallest absolute Gasteiger partial charge is 0.309 e. The highest BCUT2D eigenvalue weighted by Gasteiger charge is 2.30. The van der Waals surface area contributed by atoms with Gasteiger partial charge in [-0.15, -0.1) is 0 Å². The first kappa shape index (κ1) is 20.2. The van der Waals surface area contributed by atoms with Crippen LogP contribution in [0.5, 0.6) is 0 Å². The molecule has 0 radical (unpaired) electrons. The standard InChI is InChI=1S/C25H22FNO3S/c26-16-7-10-19(11-8-16)31-25-20-3-1-2-4-22(20)27-24(15-5-6-15)21(25)12-9-18-13-17(28)14-23(29)30-18/h1-4,7-12,15,17-18,28H,5-6,13-14H2/b12-9+/t17-,18-/m1/s1. The summed E-state index contributed by atoms with van der Waals surface area (Å²) in [6.45, 7) is 0. The molecule has 4 nitrogen and oxygen atoms in total. The second kappa shape index (κ2) is 8.44. The average Bonchev–Trinajstić information content (AvgIpc) is 3.59.